The molecule has 236 valence electrons. The molecule has 2 amide bonds. The molecule has 9 nitrogen and oxygen atoms in total. The number of likely N-dealkylation sites (tertiary alicyclic amines) is 1. The van der Waals surface area contributed by atoms with Crippen molar-refractivity contribution in [2.75, 3.05) is 24.1 Å². The number of carbonyl (C=O) groups is 2. The molecule has 3 N–H and O–H groups in total. The molecular formula is C37H42N7O2+. The van der Waals surface area contributed by atoms with E-state index in [-0.39, 0.29) is 17.4 Å². The summed E-state index contributed by atoms with van der Waals surface area (Å²) in [6.07, 6.45) is 18.9. The third-order valence-corrected chi connectivity index (χ3v) is 12.3. The number of imidazole rings is 1. The van der Waals surface area contributed by atoms with Crippen LogP contribution in [0, 0.1) is 17.8 Å². The summed E-state index contributed by atoms with van der Waals surface area (Å²) >= 11 is 0. The predicted molar refractivity (Wildman–Crippen MR) is 176 cm³/mol. The second-order valence-electron chi connectivity index (χ2n) is 15.2. The lowest BCUT2D eigenvalue weighted by molar-refractivity contribution is -0.911. The Kier molecular flexibility index (Phi) is 6.40. The fourth-order valence-electron chi connectivity index (χ4n) is 10.4. The standard InChI is InChI=1S/C37H41N7O2/c38-34-33-32(27-5-7-28(8-6-27)36(46)41-31-17-29(9-10-39-31)26-3-4-26)42-35(43(33)12-11-40-34)30-2-1-13-44(21-30,22-45)37-18-23-14-24(19-37)16-25(15-23)20-37/h5-12,17,22-26,30H,1-4,13-16,18-21H2,(H2-,38,39,40,41,46)/p+1/t23?,24?,25?,30?,37?,44-/m0/s1. The van der Waals surface area contributed by atoms with Crippen LogP contribution in [0.25, 0.3) is 16.8 Å². The Bertz CT molecular complexity index is 1810. The maximum absolute atomic E-state index is 13.2. The summed E-state index contributed by atoms with van der Waals surface area (Å²) in [6.45, 7) is 1.74. The molecule has 4 heterocycles. The number of aromatic nitrogens is 4. The number of anilines is 2. The Labute approximate surface area is 269 Å². The fourth-order valence-corrected chi connectivity index (χ4v) is 10.4. The highest BCUT2D eigenvalue weighted by molar-refractivity contribution is 6.04. The Hall–Kier alpha value is -4.11. The number of hydrogen-bond acceptors (Lipinski definition) is 6. The zero-order chi connectivity index (χ0) is 31.0. The van der Waals surface area contributed by atoms with Crippen molar-refractivity contribution in [3.05, 3.63) is 71.9 Å². The number of rotatable bonds is 7. The van der Waals surface area contributed by atoms with Crippen LogP contribution in [-0.4, -0.2) is 54.8 Å². The highest BCUT2D eigenvalue weighted by atomic mass is 16.2. The molecule has 5 aliphatic carbocycles. The van der Waals surface area contributed by atoms with Crippen molar-refractivity contribution in [1.82, 2.24) is 19.4 Å². The van der Waals surface area contributed by atoms with Gasteiger partial charge in [0.25, 0.3) is 5.91 Å². The molecule has 0 radical (unpaired) electrons. The number of amides is 2. The Balaban J connectivity index is 1.02. The van der Waals surface area contributed by atoms with E-state index < -0.39 is 0 Å². The van der Waals surface area contributed by atoms with E-state index in [2.05, 4.69) is 19.7 Å². The van der Waals surface area contributed by atoms with E-state index in [1.54, 1.807) is 12.4 Å². The number of quaternary nitrogens is 1. The van der Waals surface area contributed by atoms with Gasteiger partial charge in [-0.25, -0.2) is 19.7 Å². The lowest BCUT2D eigenvalue weighted by Gasteiger charge is -2.63. The lowest BCUT2D eigenvalue weighted by atomic mass is 9.51. The van der Waals surface area contributed by atoms with E-state index in [0.29, 0.717) is 27.6 Å². The summed E-state index contributed by atoms with van der Waals surface area (Å²) < 4.78 is 2.69. The van der Waals surface area contributed by atoms with Gasteiger partial charge in [-0.2, -0.15) is 0 Å². The lowest BCUT2D eigenvalue weighted by Crippen LogP contribution is -2.71. The molecule has 4 bridgehead atoms. The van der Waals surface area contributed by atoms with E-state index in [1.165, 1.54) is 63.3 Å². The van der Waals surface area contributed by atoms with E-state index >= 15 is 0 Å². The van der Waals surface area contributed by atoms with Gasteiger partial charge in [0.2, 0.25) is 0 Å². The summed E-state index contributed by atoms with van der Waals surface area (Å²) in [7, 11) is 0. The topological polar surface area (TPSA) is 115 Å². The van der Waals surface area contributed by atoms with Crippen molar-refractivity contribution in [2.45, 2.75) is 81.6 Å². The summed E-state index contributed by atoms with van der Waals surface area (Å²) in [5.74, 6) is 4.87. The van der Waals surface area contributed by atoms with Crippen LogP contribution in [0.15, 0.2) is 55.0 Å². The van der Waals surface area contributed by atoms with Crippen molar-refractivity contribution in [3.63, 3.8) is 0 Å². The van der Waals surface area contributed by atoms with Gasteiger partial charge < -0.3 is 11.1 Å². The molecule has 6 fully saturated rings. The molecule has 1 aromatic carbocycles. The third kappa shape index (κ3) is 4.49. The first kappa shape index (κ1) is 28.1. The average Bonchev–Trinajstić information content (AvgIpc) is 3.84. The van der Waals surface area contributed by atoms with Gasteiger partial charge in [0.05, 0.1) is 19.0 Å². The Morgan fingerprint density at radius 3 is 2.39 bits per heavy atom. The second-order valence-corrected chi connectivity index (χ2v) is 15.2. The molecular weight excluding hydrogens is 574 g/mol. The molecule has 5 saturated carbocycles. The number of benzene rings is 1. The van der Waals surface area contributed by atoms with E-state index in [1.807, 2.05) is 42.6 Å². The first-order valence-electron chi connectivity index (χ1n) is 17.3. The minimum Gasteiger partial charge on any atom is -0.382 e. The van der Waals surface area contributed by atoms with Gasteiger partial charge in [0, 0.05) is 49.0 Å². The smallest absolute Gasteiger partial charge is 0.301 e. The number of nitrogens with two attached hydrogens (primary N) is 1. The third-order valence-electron chi connectivity index (χ3n) is 12.3. The Morgan fingerprint density at radius 1 is 0.957 bits per heavy atom. The van der Waals surface area contributed by atoms with Crippen LogP contribution in [0.3, 0.4) is 0 Å². The van der Waals surface area contributed by atoms with Crippen LogP contribution in [0.5, 0.6) is 0 Å². The summed E-state index contributed by atoms with van der Waals surface area (Å²) in [5.41, 5.74) is 10.8. The number of nitrogens with zero attached hydrogens (tertiary/aromatic N) is 5. The van der Waals surface area contributed by atoms with Gasteiger partial charge in [-0.05, 0) is 98.4 Å². The van der Waals surface area contributed by atoms with Gasteiger partial charge in [-0.3, -0.25) is 13.7 Å². The number of pyridine rings is 1. The van der Waals surface area contributed by atoms with Crippen molar-refractivity contribution in [2.24, 2.45) is 17.8 Å². The molecule has 1 unspecified atom stereocenters. The largest absolute Gasteiger partial charge is 0.382 e. The van der Waals surface area contributed by atoms with Crippen LogP contribution in [0.2, 0.25) is 0 Å². The van der Waals surface area contributed by atoms with Crippen molar-refractivity contribution in [3.8, 4) is 11.3 Å². The van der Waals surface area contributed by atoms with Gasteiger partial charge in [0.1, 0.15) is 34.2 Å². The molecule has 1 saturated heterocycles. The minimum absolute atomic E-state index is 0.0940. The van der Waals surface area contributed by atoms with Gasteiger partial charge in [-0.15, -0.1) is 0 Å². The zero-order valence-corrected chi connectivity index (χ0v) is 26.3. The monoisotopic (exact) mass is 616 g/mol. The summed E-state index contributed by atoms with van der Waals surface area (Å²) in [6, 6.07) is 11.5. The predicted octanol–water partition coefficient (Wildman–Crippen LogP) is 6.32. The maximum Gasteiger partial charge on any atom is 0.301 e. The molecule has 4 aromatic rings. The summed E-state index contributed by atoms with van der Waals surface area (Å²) in [4.78, 5) is 40.4. The SMILES string of the molecule is Nc1nccn2c(C3CCC[N@+](C=O)(C45CC6CC(CC(C6)C4)C5)C3)nc(-c3ccc(C(=O)Nc4cc(C5CC5)ccn4)cc3)c12. The van der Waals surface area contributed by atoms with Crippen molar-refractivity contribution >= 4 is 29.5 Å². The number of hydrogen-bond donors (Lipinski definition) is 2. The Morgan fingerprint density at radius 2 is 1.70 bits per heavy atom. The van der Waals surface area contributed by atoms with Crippen LogP contribution in [0.1, 0.15) is 97.8 Å². The number of nitrogen functional groups attached to an aromatic ring is 1. The number of nitrogens with one attached hydrogen (secondary N) is 1. The first-order chi connectivity index (χ1) is 22.4. The molecule has 2 atom stereocenters. The average molecular weight is 617 g/mol. The van der Waals surface area contributed by atoms with Crippen molar-refractivity contribution < 1.29 is 14.1 Å². The van der Waals surface area contributed by atoms with Crippen LogP contribution < -0.4 is 11.1 Å². The molecule has 10 rings (SSSR count). The minimum atomic E-state index is -0.196. The number of carbonyl (C=O) groups excluding carboxylic acids is 2. The van der Waals surface area contributed by atoms with E-state index in [4.69, 9.17) is 10.7 Å². The zero-order valence-electron chi connectivity index (χ0n) is 26.3. The van der Waals surface area contributed by atoms with Crippen LogP contribution >= 0.6 is 0 Å². The fraction of sp³-hybridized carbons (Fsp3) is 0.486. The maximum atomic E-state index is 13.2. The van der Waals surface area contributed by atoms with Gasteiger partial charge in [-0.1, -0.05) is 12.1 Å². The normalized spacial score (nSPS) is 31.7. The molecule has 1 aliphatic heterocycles. The van der Waals surface area contributed by atoms with E-state index in [0.717, 1.165) is 66.3 Å². The highest BCUT2D eigenvalue weighted by Gasteiger charge is 2.62. The highest BCUT2D eigenvalue weighted by Crippen LogP contribution is 2.60. The molecule has 9 heteroatoms. The quantitative estimate of drug-likeness (QED) is 0.185. The van der Waals surface area contributed by atoms with Crippen LogP contribution in [-0.2, 0) is 4.79 Å². The van der Waals surface area contributed by atoms with Crippen molar-refractivity contribution in [1.29, 1.82) is 0 Å². The molecule has 46 heavy (non-hydrogen) atoms. The van der Waals surface area contributed by atoms with Crippen LogP contribution in [0.4, 0.5) is 11.6 Å². The number of piperidine rings is 1. The first-order valence-corrected chi connectivity index (χ1v) is 17.3. The molecule has 0 spiro atoms. The molecule has 6 aliphatic rings. The summed E-state index contributed by atoms with van der Waals surface area (Å²) in [5, 5.41) is 2.96. The van der Waals surface area contributed by atoms with Gasteiger partial charge >= 0.3 is 6.41 Å². The molecule has 3 aromatic heterocycles. The number of fused-ring (bicyclic) bond motifs is 1. The second kappa shape index (κ2) is 10.5. The van der Waals surface area contributed by atoms with Gasteiger partial charge in [0.15, 0.2) is 0 Å². The van der Waals surface area contributed by atoms with E-state index in [9.17, 15) is 9.59 Å².